The van der Waals surface area contributed by atoms with E-state index in [1.807, 2.05) is 9.80 Å². The van der Waals surface area contributed by atoms with Crippen LogP contribution in [0.25, 0.3) is 0 Å². The largest absolute Gasteiger partial charge is 0.445 e. The first-order valence-electron chi connectivity index (χ1n) is 10.6. The maximum atomic E-state index is 13.0. The fourth-order valence-electron chi connectivity index (χ4n) is 4.69. The maximum absolute atomic E-state index is 13.0. The Morgan fingerprint density at radius 2 is 1.59 bits per heavy atom. The van der Waals surface area contributed by atoms with Crippen molar-refractivity contribution < 1.29 is 14.0 Å². The minimum absolute atomic E-state index is 0.0376. The number of hydrogen-bond donors (Lipinski definition) is 0. The van der Waals surface area contributed by atoms with Gasteiger partial charge >= 0.3 is 0 Å². The second-order valence-corrected chi connectivity index (χ2v) is 8.67. The summed E-state index contributed by atoms with van der Waals surface area (Å²) in [5, 5.41) is 0. The van der Waals surface area contributed by atoms with E-state index in [-0.39, 0.29) is 23.7 Å². The number of fused-ring (bicyclic) bond motifs is 1. The van der Waals surface area contributed by atoms with Gasteiger partial charge in [-0.25, -0.2) is 4.98 Å². The van der Waals surface area contributed by atoms with Gasteiger partial charge in [0.15, 0.2) is 5.89 Å². The summed E-state index contributed by atoms with van der Waals surface area (Å²) in [6.07, 6.45) is 6.78. The Bertz CT molecular complexity index is 698. The summed E-state index contributed by atoms with van der Waals surface area (Å²) in [4.78, 5) is 34.1. The van der Waals surface area contributed by atoms with Gasteiger partial charge in [-0.1, -0.05) is 26.7 Å². The van der Waals surface area contributed by atoms with Gasteiger partial charge in [-0.3, -0.25) is 9.59 Å². The van der Waals surface area contributed by atoms with Crippen LogP contribution in [0.15, 0.2) is 4.42 Å². The number of amides is 2. The Kier molecular flexibility index (Phi) is 5.24. The lowest BCUT2D eigenvalue weighted by Crippen LogP contribution is -2.46. The van der Waals surface area contributed by atoms with E-state index in [0.717, 1.165) is 62.5 Å². The van der Waals surface area contributed by atoms with E-state index in [0.29, 0.717) is 19.0 Å². The number of likely N-dealkylation sites (tertiary alicyclic amines) is 1. The number of hydrogen-bond acceptors (Lipinski definition) is 4. The second-order valence-electron chi connectivity index (χ2n) is 8.67. The average Bonchev–Trinajstić information content (AvgIpc) is 3.36. The van der Waals surface area contributed by atoms with Gasteiger partial charge in [0.2, 0.25) is 11.8 Å². The number of carbonyl (C=O) groups is 2. The molecule has 6 heteroatoms. The van der Waals surface area contributed by atoms with Crippen molar-refractivity contribution >= 4 is 11.8 Å². The van der Waals surface area contributed by atoms with Crippen molar-refractivity contribution in [3.63, 3.8) is 0 Å². The average molecular weight is 373 g/mol. The van der Waals surface area contributed by atoms with E-state index in [1.54, 1.807) is 0 Å². The van der Waals surface area contributed by atoms with Crippen molar-refractivity contribution in [3.8, 4) is 0 Å². The van der Waals surface area contributed by atoms with E-state index >= 15 is 0 Å². The zero-order chi connectivity index (χ0) is 19.0. The molecule has 2 amide bonds. The third-order valence-electron chi connectivity index (χ3n) is 6.41. The van der Waals surface area contributed by atoms with Gasteiger partial charge in [0, 0.05) is 43.8 Å². The molecule has 4 rings (SSSR count). The van der Waals surface area contributed by atoms with Crippen molar-refractivity contribution in [2.24, 2.45) is 11.8 Å². The summed E-state index contributed by atoms with van der Waals surface area (Å²) >= 11 is 0. The molecule has 0 atom stereocenters. The molecule has 3 heterocycles. The minimum Gasteiger partial charge on any atom is -0.445 e. The van der Waals surface area contributed by atoms with Gasteiger partial charge in [0.1, 0.15) is 11.5 Å². The molecular formula is C21H31N3O3. The molecule has 1 saturated carbocycles. The van der Waals surface area contributed by atoms with Crippen LogP contribution in [0.4, 0.5) is 0 Å². The molecule has 148 valence electrons. The van der Waals surface area contributed by atoms with Gasteiger partial charge in [-0.05, 0) is 25.7 Å². The number of rotatable bonds is 3. The Labute approximate surface area is 161 Å². The van der Waals surface area contributed by atoms with E-state index in [4.69, 9.17) is 4.42 Å². The molecule has 6 nitrogen and oxygen atoms in total. The van der Waals surface area contributed by atoms with E-state index in [9.17, 15) is 9.59 Å². The van der Waals surface area contributed by atoms with Crippen molar-refractivity contribution in [2.45, 2.75) is 71.3 Å². The van der Waals surface area contributed by atoms with E-state index < -0.39 is 0 Å². The molecule has 2 fully saturated rings. The number of piperidine rings is 1. The van der Waals surface area contributed by atoms with Gasteiger partial charge in [-0.2, -0.15) is 0 Å². The summed E-state index contributed by atoms with van der Waals surface area (Å²) in [5.41, 5.74) is 0.923. The van der Waals surface area contributed by atoms with Crippen LogP contribution in [0.3, 0.4) is 0 Å². The zero-order valence-electron chi connectivity index (χ0n) is 16.6. The zero-order valence-corrected chi connectivity index (χ0v) is 16.6. The Hall–Kier alpha value is -1.85. The lowest BCUT2D eigenvalue weighted by atomic mass is 9.93. The van der Waals surface area contributed by atoms with Crippen LogP contribution in [0.1, 0.15) is 75.6 Å². The van der Waals surface area contributed by atoms with Crippen molar-refractivity contribution in [2.75, 3.05) is 19.6 Å². The Morgan fingerprint density at radius 1 is 0.963 bits per heavy atom. The molecule has 0 unspecified atom stereocenters. The minimum atomic E-state index is 0.0376. The molecule has 1 saturated heterocycles. The molecule has 0 N–H and O–H groups in total. The summed E-state index contributed by atoms with van der Waals surface area (Å²) in [6.45, 7) is 6.87. The molecule has 0 radical (unpaired) electrons. The van der Waals surface area contributed by atoms with Crippen LogP contribution in [-0.4, -0.2) is 46.2 Å². The molecule has 2 aliphatic heterocycles. The first-order valence-corrected chi connectivity index (χ1v) is 10.6. The highest BCUT2D eigenvalue weighted by Crippen LogP contribution is 2.30. The van der Waals surface area contributed by atoms with Gasteiger partial charge in [0.25, 0.3) is 0 Å². The molecule has 0 aromatic carbocycles. The molecule has 0 bridgehead atoms. The Balaban J connectivity index is 1.32. The molecule has 1 aliphatic carbocycles. The third kappa shape index (κ3) is 3.76. The van der Waals surface area contributed by atoms with Crippen LogP contribution >= 0.6 is 0 Å². The Morgan fingerprint density at radius 3 is 2.26 bits per heavy atom. The SMILES string of the molecule is CC(C)c1nc2c(o1)CCN(C(=O)C1CCN(C(=O)C3CCCC3)CC1)C2. The third-order valence-corrected chi connectivity index (χ3v) is 6.41. The predicted octanol–water partition coefficient (Wildman–Crippen LogP) is 3.11. The molecule has 1 aromatic heterocycles. The van der Waals surface area contributed by atoms with Gasteiger partial charge < -0.3 is 14.2 Å². The summed E-state index contributed by atoms with van der Waals surface area (Å²) in [6, 6.07) is 0. The summed E-state index contributed by atoms with van der Waals surface area (Å²) in [5.74, 6) is 2.80. The van der Waals surface area contributed by atoms with Crippen LogP contribution in [-0.2, 0) is 22.6 Å². The predicted molar refractivity (Wildman–Crippen MR) is 101 cm³/mol. The van der Waals surface area contributed by atoms with Crippen LogP contribution in [0.2, 0.25) is 0 Å². The highest BCUT2D eigenvalue weighted by Gasteiger charge is 2.35. The molecule has 3 aliphatic rings. The highest BCUT2D eigenvalue weighted by atomic mass is 16.4. The standard InChI is InChI=1S/C21H31N3O3/c1-14(2)19-22-17-13-24(12-9-18(17)27-19)21(26)16-7-10-23(11-8-16)20(25)15-5-3-4-6-15/h14-16H,3-13H2,1-2H3. The lowest BCUT2D eigenvalue weighted by Gasteiger charge is -2.36. The van der Waals surface area contributed by atoms with Crippen LogP contribution in [0.5, 0.6) is 0 Å². The fraction of sp³-hybridized carbons (Fsp3) is 0.762. The van der Waals surface area contributed by atoms with Crippen molar-refractivity contribution in [1.29, 1.82) is 0 Å². The summed E-state index contributed by atoms with van der Waals surface area (Å²) in [7, 11) is 0. The molecule has 1 aromatic rings. The van der Waals surface area contributed by atoms with E-state index in [2.05, 4.69) is 18.8 Å². The normalized spacial score (nSPS) is 21.7. The highest BCUT2D eigenvalue weighted by molar-refractivity contribution is 5.81. The van der Waals surface area contributed by atoms with E-state index in [1.165, 1.54) is 12.8 Å². The second kappa shape index (κ2) is 7.64. The fourth-order valence-corrected chi connectivity index (χ4v) is 4.69. The smallest absolute Gasteiger partial charge is 0.226 e. The summed E-state index contributed by atoms with van der Waals surface area (Å²) < 4.78 is 5.84. The topological polar surface area (TPSA) is 66.7 Å². The van der Waals surface area contributed by atoms with Gasteiger partial charge in [-0.15, -0.1) is 0 Å². The molecule has 27 heavy (non-hydrogen) atoms. The monoisotopic (exact) mass is 373 g/mol. The first kappa shape index (κ1) is 18.5. The van der Waals surface area contributed by atoms with Crippen molar-refractivity contribution in [3.05, 3.63) is 17.3 Å². The van der Waals surface area contributed by atoms with Gasteiger partial charge in [0.05, 0.1) is 6.54 Å². The van der Waals surface area contributed by atoms with Crippen molar-refractivity contribution in [1.82, 2.24) is 14.8 Å². The number of carbonyl (C=O) groups excluding carboxylic acids is 2. The molecule has 0 spiro atoms. The van der Waals surface area contributed by atoms with Crippen LogP contribution < -0.4 is 0 Å². The maximum Gasteiger partial charge on any atom is 0.226 e. The quantitative estimate of drug-likeness (QED) is 0.816. The van der Waals surface area contributed by atoms with Crippen LogP contribution in [0, 0.1) is 11.8 Å². The molecular weight excluding hydrogens is 342 g/mol. The number of nitrogens with zero attached hydrogens (tertiary/aromatic N) is 3. The first-order chi connectivity index (χ1) is 13.0. The number of oxazole rings is 1. The lowest BCUT2D eigenvalue weighted by molar-refractivity contribution is -0.143. The number of aromatic nitrogens is 1.